The lowest BCUT2D eigenvalue weighted by atomic mass is 9.99. The lowest BCUT2D eigenvalue weighted by Crippen LogP contribution is -2.05. The molecule has 2 aromatic carbocycles. The Morgan fingerprint density at radius 3 is 2.52 bits per heavy atom. The molecule has 0 unspecified atom stereocenters. The van der Waals surface area contributed by atoms with E-state index >= 15 is 0 Å². The second-order valence-electron chi connectivity index (χ2n) is 7.62. The number of nitrogens with zero attached hydrogens (tertiary/aromatic N) is 2. The molecule has 6 nitrogen and oxygen atoms in total. The van der Waals surface area contributed by atoms with Crippen LogP contribution in [0.15, 0.2) is 70.2 Å². The molecule has 0 aliphatic heterocycles. The second kappa shape index (κ2) is 11.0. The molecule has 4 aromatic rings. The minimum Gasteiger partial charge on any atom is -0.469 e. The number of hydrogen-bond donors (Lipinski definition) is 1. The number of benzene rings is 2. The van der Waals surface area contributed by atoms with Gasteiger partial charge in [0.1, 0.15) is 17.9 Å². The first-order valence-electron chi connectivity index (χ1n) is 11.0. The molecule has 0 spiro atoms. The molecule has 0 saturated heterocycles. The van der Waals surface area contributed by atoms with Crippen molar-refractivity contribution >= 4 is 34.6 Å². The Labute approximate surface area is 197 Å². The number of ether oxygens (including phenoxy) is 1. The molecule has 170 valence electrons. The van der Waals surface area contributed by atoms with Crippen LogP contribution in [0.1, 0.15) is 25.7 Å². The summed E-state index contributed by atoms with van der Waals surface area (Å²) < 4.78 is 11.0. The standard InChI is InChI=1S/C26H27N3O3S/c1-31-21(30)11-7-4-8-16-27-25-23-22(18-12-14-20(33-2)15-13-18)24(19-9-5-3-6-10-19)32-26(23)29-17-28-25/h3,5-6,9-10,12-15,17H,4,7-8,11,16H2,1-2H3,(H,27,28,29). The number of anilines is 1. The zero-order chi connectivity index (χ0) is 23.0. The van der Waals surface area contributed by atoms with E-state index in [0.717, 1.165) is 59.5 Å². The van der Waals surface area contributed by atoms with Gasteiger partial charge in [-0.25, -0.2) is 9.97 Å². The number of hydrogen-bond acceptors (Lipinski definition) is 7. The fourth-order valence-corrected chi connectivity index (χ4v) is 4.18. The van der Waals surface area contributed by atoms with Crippen LogP contribution in [-0.4, -0.2) is 35.8 Å². The van der Waals surface area contributed by atoms with Crippen molar-refractivity contribution in [3.63, 3.8) is 0 Å². The third-order valence-corrected chi connectivity index (χ3v) is 6.22. The zero-order valence-electron chi connectivity index (χ0n) is 18.8. The van der Waals surface area contributed by atoms with E-state index in [2.05, 4.69) is 45.8 Å². The Bertz CT molecular complexity index is 1210. The maximum absolute atomic E-state index is 11.3. The molecule has 2 heterocycles. The third kappa shape index (κ3) is 5.37. The highest BCUT2D eigenvalue weighted by molar-refractivity contribution is 7.98. The number of carbonyl (C=O) groups is 1. The van der Waals surface area contributed by atoms with Crippen LogP contribution in [-0.2, 0) is 9.53 Å². The molecule has 0 amide bonds. The van der Waals surface area contributed by atoms with Crippen LogP contribution in [0.2, 0.25) is 0 Å². The average Bonchev–Trinajstić information content (AvgIpc) is 3.27. The molecule has 0 atom stereocenters. The summed E-state index contributed by atoms with van der Waals surface area (Å²) in [6, 6.07) is 18.5. The average molecular weight is 462 g/mol. The van der Waals surface area contributed by atoms with Gasteiger partial charge in [0.25, 0.3) is 0 Å². The Kier molecular flexibility index (Phi) is 7.62. The minimum atomic E-state index is -0.163. The van der Waals surface area contributed by atoms with Gasteiger partial charge < -0.3 is 14.5 Å². The van der Waals surface area contributed by atoms with E-state index in [-0.39, 0.29) is 5.97 Å². The van der Waals surface area contributed by atoms with E-state index < -0.39 is 0 Å². The summed E-state index contributed by atoms with van der Waals surface area (Å²) in [5.41, 5.74) is 3.59. The Morgan fingerprint density at radius 1 is 1.00 bits per heavy atom. The summed E-state index contributed by atoms with van der Waals surface area (Å²) in [5.74, 6) is 1.37. The molecule has 0 aliphatic rings. The number of thioether (sulfide) groups is 1. The van der Waals surface area contributed by atoms with Gasteiger partial charge in [-0.2, -0.15) is 0 Å². The van der Waals surface area contributed by atoms with E-state index in [4.69, 9.17) is 9.15 Å². The lowest BCUT2D eigenvalue weighted by molar-refractivity contribution is -0.140. The number of unbranched alkanes of at least 4 members (excludes halogenated alkanes) is 2. The van der Waals surface area contributed by atoms with Crippen LogP contribution in [0.4, 0.5) is 5.82 Å². The largest absolute Gasteiger partial charge is 0.469 e. The predicted octanol–water partition coefficient (Wildman–Crippen LogP) is 6.42. The Balaban J connectivity index is 1.66. The van der Waals surface area contributed by atoms with Gasteiger partial charge in [-0.1, -0.05) is 48.9 Å². The summed E-state index contributed by atoms with van der Waals surface area (Å²) in [6.07, 6.45) is 6.71. The molecule has 4 rings (SSSR count). The van der Waals surface area contributed by atoms with Crippen molar-refractivity contribution in [3.8, 4) is 22.5 Å². The number of rotatable bonds is 10. The van der Waals surface area contributed by atoms with Crippen LogP contribution in [0.5, 0.6) is 0 Å². The first kappa shape index (κ1) is 22.9. The molecule has 0 radical (unpaired) electrons. The van der Waals surface area contributed by atoms with Crippen molar-refractivity contribution in [2.24, 2.45) is 0 Å². The van der Waals surface area contributed by atoms with Gasteiger partial charge in [0.05, 0.1) is 12.5 Å². The van der Waals surface area contributed by atoms with Crippen molar-refractivity contribution in [1.82, 2.24) is 9.97 Å². The molecule has 33 heavy (non-hydrogen) atoms. The smallest absolute Gasteiger partial charge is 0.305 e. The number of aromatic nitrogens is 2. The van der Waals surface area contributed by atoms with Crippen LogP contribution >= 0.6 is 11.8 Å². The molecule has 0 bridgehead atoms. The topological polar surface area (TPSA) is 77.2 Å². The Morgan fingerprint density at radius 2 is 1.79 bits per heavy atom. The molecule has 0 fully saturated rings. The van der Waals surface area contributed by atoms with Crippen LogP contribution < -0.4 is 5.32 Å². The number of esters is 1. The first-order valence-corrected chi connectivity index (χ1v) is 12.2. The molecular weight excluding hydrogens is 434 g/mol. The van der Waals surface area contributed by atoms with E-state index in [1.165, 1.54) is 18.3 Å². The third-order valence-electron chi connectivity index (χ3n) is 5.48. The van der Waals surface area contributed by atoms with E-state index in [0.29, 0.717) is 12.1 Å². The Hall–Kier alpha value is -3.32. The summed E-state index contributed by atoms with van der Waals surface area (Å²) in [6.45, 7) is 0.740. The fraction of sp³-hybridized carbons (Fsp3) is 0.269. The summed E-state index contributed by atoms with van der Waals surface area (Å²) in [5, 5.41) is 4.33. The second-order valence-corrected chi connectivity index (χ2v) is 8.50. The van der Waals surface area contributed by atoms with Crippen LogP contribution in [0.3, 0.4) is 0 Å². The molecule has 0 saturated carbocycles. The van der Waals surface area contributed by atoms with Gasteiger partial charge in [-0.15, -0.1) is 11.8 Å². The number of fused-ring (bicyclic) bond motifs is 1. The number of furan rings is 1. The lowest BCUT2D eigenvalue weighted by Gasteiger charge is -2.09. The number of methoxy groups -OCH3 is 1. The SMILES string of the molecule is COC(=O)CCCCCNc1ncnc2oc(-c3ccccc3)c(-c3ccc(SC)cc3)c12. The van der Waals surface area contributed by atoms with Gasteiger partial charge in [-0.3, -0.25) is 4.79 Å². The highest BCUT2D eigenvalue weighted by atomic mass is 32.2. The van der Waals surface area contributed by atoms with Gasteiger partial charge >= 0.3 is 5.97 Å². The first-order chi connectivity index (χ1) is 16.2. The minimum absolute atomic E-state index is 0.163. The predicted molar refractivity (Wildman–Crippen MR) is 133 cm³/mol. The van der Waals surface area contributed by atoms with E-state index in [9.17, 15) is 4.79 Å². The van der Waals surface area contributed by atoms with Crippen molar-refractivity contribution in [2.45, 2.75) is 30.6 Å². The van der Waals surface area contributed by atoms with Crippen molar-refractivity contribution < 1.29 is 13.9 Å². The molecule has 1 N–H and O–H groups in total. The quantitative estimate of drug-likeness (QED) is 0.166. The maximum Gasteiger partial charge on any atom is 0.305 e. The van der Waals surface area contributed by atoms with Crippen molar-refractivity contribution in [2.75, 3.05) is 25.2 Å². The summed E-state index contributed by atoms with van der Waals surface area (Å²) >= 11 is 1.71. The summed E-state index contributed by atoms with van der Waals surface area (Å²) in [4.78, 5) is 21.4. The van der Waals surface area contributed by atoms with Crippen LogP contribution in [0, 0.1) is 0 Å². The maximum atomic E-state index is 11.3. The van der Waals surface area contributed by atoms with Gasteiger partial charge in [0, 0.05) is 29.0 Å². The van der Waals surface area contributed by atoms with Gasteiger partial charge in [0.15, 0.2) is 0 Å². The normalized spacial score (nSPS) is 11.0. The van der Waals surface area contributed by atoms with Gasteiger partial charge in [0.2, 0.25) is 5.71 Å². The highest BCUT2D eigenvalue weighted by Gasteiger charge is 2.22. The monoisotopic (exact) mass is 461 g/mol. The molecule has 0 aliphatic carbocycles. The highest BCUT2D eigenvalue weighted by Crippen LogP contribution is 2.42. The van der Waals surface area contributed by atoms with Gasteiger partial charge in [-0.05, 0) is 36.8 Å². The molecule has 7 heteroatoms. The molecule has 2 aromatic heterocycles. The number of carbonyl (C=O) groups excluding carboxylic acids is 1. The van der Waals surface area contributed by atoms with Crippen molar-refractivity contribution in [3.05, 3.63) is 60.9 Å². The van der Waals surface area contributed by atoms with E-state index in [1.54, 1.807) is 11.8 Å². The zero-order valence-corrected chi connectivity index (χ0v) is 19.7. The number of nitrogens with one attached hydrogen (secondary N) is 1. The summed E-state index contributed by atoms with van der Waals surface area (Å²) in [7, 11) is 1.42. The fourth-order valence-electron chi connectivity index (χ4n) is 3.77. The molecular formula is C26H27N3O3S. The van der Waals surface area contributed by atoms with Crippen molar-refractivity contribution in [1.29, 1.82) is 0 Å². The van der Waals surface area contributed by atoms with E-state index in [1.807, 2.05) is 30.3 Å². The van der Waals surface area contributed by atoms with Crippen LogP contribution in [0.25, 0.3) is 33.6 Å².